The normalized spacial score (nSPS) is 15.9. The lowest BCUT2D eigenvalue weighted by atomic mass is 10.1. The maximum Gasteiger partial charge on any atom is 0.254 e. The first-order valence-corrected chi connectivity index (χ1v) is 7.53. The fraction of sp³-hybridized carbons (Fsp3) is 0.562. The maximum absolute atomic E-state index is 12.5. The fourth-order valence-electron chi connectivity index (χ4n) is 2.38. The summed E-state index contributed by atoms with van der Waals surface area (Å²) in [5, 5.41) is 0. The molecule has 0 aliphatic carbocycles. The van der Waals surface area contributed by atoms with E-state index in [4.69, 9.17) is 9.47 Å². The number of amides is 1. The van der Waals surface area contributed by atoms with Crippen molar-refractivity contribution >= 4 is 5.91 Å². The van der Waals surface area contributed by atoms with E-state index in [1.54, 1.807) is 6.07 Å². The molecular weight excluding hydrogens is 268 g/mol. The SMILES string of the molecule is CCOc1ccc(C(=O)N2CCN(C)CC2)cc1OCC. The minimum absolute atomic E-state index is 0.0621. The number of hydrogen-bond donors (Lipinski definition) is 0. The summed E-state index contributed by atoms with van der Waals surface area (Å²) in [4.78, 5) is 16.7. The number of likely N-dealkylation sites (N-methyl/N-ethyl adjacent to an activating group) is 1. The predicted molar refractivity (Wildman–Crippen MR) is 82.2 cm³/mol. The van der Waals surface area contributed by atoms with Gasteiger partial charge < -0.3 is 19.3 Å². The predicted octanol–water partition coefficient (Wildman–Crippen LogP) is 1.87. The Morgan fingerprint density at radius 1 is 1.05 bits per heavy atom. The summed E-state index contributed by atoms with van der Waals surface area (Å²) in [6, 6.07) is 5.42. The number of rotatable bonds is 5. The lowest BCUT2D eigenvalue weighted by Gasteiger charge is -2.32. The van der Waals surface area contributed by atoms with Crippen molar-refractivity contribution in [3.8, 4) is 11.5 Å². The van der Waals surface area contributed by atoms with E-state index in [2.05, 4.69) is 11.9 Å². The van der Waals surface area contributed by atoms with Crippen molar-refractivity contribution in [2.75, 3.05) is 46.4 Å². The van der Waals surface area contributed by atoms with E-state index in [-0.39, 0.29) is 5.91 Å². The van der Waals surface area contributed by atoms with Crippen LogP contribution in [0.5, 0.6) is 11.5 Å². The van der Waals surface area contributed by atoms with E-state index in [0.29, 0.717) is 30.3 Å². The largest absolute Gasteiger partial charge is 0.490 e. The molecule has 1 aromatic carbocycles. The number of ether oxygens (including phenoxy) is 2. The first kappa shape index (κ1) is 15.6. The van der Waals surface area contributed by atoms with E-state index >= 15 is 0 Å². The minimum Gasteiger partial charge on any atom is -0.490 e. The zero-order chi connectivity index (χ0) is 15.2. The summed E-state index contributed by atoms with van der Waals surface area (Å²) in [6.07, 6.45) is 0. The number of nitrogens with zero attached hydrogens (tertiary/aromatic N) is 2. The van der Waals surface area contributed by atoms with Gasteiger partial charge in [-0.1, -0.05) is 0 Å². The molecule has 1 fully saturated rings. The molecule has 1 aliphatic heterocycles. The third kappa shape index (κ3) is 3.88. The Hall–Kier alpha value is -1.75. The molecule has 0 radical (unpaired) electrons. The second-order valence-electron chi connectivity index (χ2n) is 5.12. The van der Waals surface area contributed by atoms with Gasteiger partial charge in [-0.2, -0.15) is 0 Å². The first-order chi connectivity index (χ1) is 10.2. The van der Waals surface area contributed by atoms with Gasteiger partial charge in [-0.05, 0) is 39.1 Å². The molecule has 1 amide bonds. The molecule has 0 N–H and O–H groups in total. The van der Waals surface area contributed by atoms with Crippen molar-refractivity contribution in [2.24, 2.45) is 0 Å². The van der Waals surface area contributed by atoms with E-state index in [9.17, 15) is 4.79 Å². The van der Waals surface area contributed by atoms with Crippen LogP contribution >= 0.6 is 0 Å². The Morgan fingerprint density at radius 3 is 2.29 bits per heavy atom. The van der Waals surface area contributed by atoms with Crippen LogP contribution in [0.25, 0.3) is 0 Å². The topological polar surface area (TPSA) is 42.0 Å². The Bertz CT molecular complexity index is 482. The van der Waals surface area contributed by atoms with Gasteiger partial charge in [0.05, 0.1) is 13.2 Å². The molecule has 21 heavy (non-hydrogen) atoms. The molecule has 2 rings (SSSR count). The van der Waals surface area contributed by atoms with Crippen molar-refractivity contribution in [2.45, 2.75) is 13.8 Å². The quantitative estimate of drug-likeness (QED) is 0.831. The van der Waals surface area contributed by atoms with Crippen LogP contribution in [-0.4, -0.2) is 62.1 Å². The second-order valence-corrected chi connectivity index (χ2v) is 5.12. The lowest BCUT2D eigenvalue weighted by molar-refractivity contribution is 0.0663. The molecule has 1 aliphatic rings. The molecule has 1 heterocycles. The first-order valence-electron chi connectivity index (χ1n) is 7.53. The second kappa shape index (κ2) is 7.31. The third-order valence-corrected chi connectivity index (χ3v) is 3.58. The highest BCUT2D eigenvalue weighted by Crippen LogP contribution is 2.29. The van der Waals surface area contributed by atoms with Gasteiger partial charge >= 0.3 is 0 Å². The highest BCUT2D eigenvalue weighted by atomic mass is 16.5. The zero-order valence-corrected chi connectivity index (χ0v) is 13.1. The maximum atomic E-state index is 12.5. The molecule has 5 heteroatoms. The van der Waals surface area contributed by atoms with Gasteiger partial charge in [0.15, 0.2) is 11.5 Å². The number of benzene rings is 1. The summed E-state index contributed by atoms with van der Waals surface area (Å²) in [5.41, 5.74) is 0.659. The third-order valence-electron chi connectivity index (χ3n) is 3.58. The van der Waals surface area contributed by atoms with E-state index in [0.717, 1.165) is 26.2 Å². The molecule has 0 atom stereocenters. The number of hydrogen-bond acceptors (Lipinski definition) is 4. The Balaban J connectivity index is 2.15. The summed E-state index contributed by atoms with van der Waals surface area (Å²) >= 11 is 0. The monoisotopic (exact) mass is 292 g/mol. The van der Waals surface area contributed by atoms with Crippen LogP contribution in [0.2, 0.25) is 0 Å². The molecule has 0 unspecified atom stereocenters. The van der Waals surface area contributed by atoms with Gasteiger partial charge in [0.25, 0.3) is 5.91 Å². The molecule has 116 valence electrons. The number of carbonyl (C=O) groups excluding carboxylic acids is 1. The number of piperazine rings is 1. The van der Waals surface area contributed by atoms with Crippen LogP contribution in [-0.2, 0) is 0 Å². The highest BCUT2D eigenvalue weighted by Gasteiger charge is 2.21. The van der Waals surface area contributed by atoms with Crippen LogP contribution in [0, 0.1) is 0 Å². The van der Waals surface area contributed by atoms with Crippen molar-refractivity contribution in [3.63, 3.8) is 0 Å². The standard InChI is InChI=1S/C16H24N2O3/c1-4-20-14-7-6-13(12-15(14)21-5-2)16(19)18-10-8-17(3)9-11-18/h6-7,12H,4-5,8-11H2,1-3H3. The van der Waals surface area contributed by atoms with Crippen LogP contribution in [0.3, 0.4) is 0 Å². The molecule has 0 spiro atoms. The molecular formula is C16H24N2O3. The summed E-state index contributed by atoms with van der Waals surface area (Å²) in [5.74, 6) is 1.39. The summed E-state index contributed by atoms with van der Waals surface area (Å²) in [6.45, 7) is 8.35. The van der Waals surface area contributed by atoms with Gasteiger partial charge in [-0.15, -0.1) is 0 Å². The van der Waals surface area contributed by atoms with Gasteiger partial charge in [0.2, 0.25) is 0 Å². The molecule has 0 aromatic heterocycles. The van der Waals surface area contributed by atoms with Crippen molar-refractivity contribution < 1.29 is 14.3 Å². The van der Waals surface area contributed by atoms with Crippen molar-refractivity contribution in [1.29, 1.82) is 0 Å². The van der Waals surface area contributed by atoms with Crippen LogP contribution in [0.4, 0.5) is 0 Å². The van der Waals surface area contributed by atoms with Crippen LogP contribution in [0.1, 0.15) is 24.2 Å². The van der Waals surface area contributed by atoms with Crippen molar-refractivity contribution in [1.82, 2.24) is 9.80 Å². The average molecular weight is 292 g/mol. The highest BCUT2D eigenvalue weighted by molar-refractivity contribution is 5.95. The van der Waals surface area contributed by atoms with Gasteiger partial charge in [-0.3, -0.25) is 4.79 Å². The summed E-state index contributed by atoms with van der Waals surface area (Å²) in [7, 11) is 2.08. The van der Waals surface area contributed by atoms with Gasteiger partial charge in [0.1, 0.15) is 0 Å². The minimum atomic E-state index is 0.0621. The van der Waals surface area contributed by atoms with E-state index < -0.39 is 0 Å². The molecule has 1 aromatic rings. The lowest BCUT2D eigenvalue weighted by Crippen LogP contribution is -2.47. The Kier molecular flexibility index (Phi) is 5.44. The molecule has 0 bridgehead atoms. The van der Waals surface area contributed by atoms with Crippen LogP contribution in [0.15, 0.2) is 18.2 Å². The number of carbonyl (C=O) groups is 1. The average Bonchev–Trinajstić information content (AvgIpc) is 2.49. The molecule has 1 saturated heterocycles. The Morgan fingerprint density at radius 2 is 1.67 bits per heavy atom. The fourth-order valence-corrected chi connectivity index (χ4v) is 2.38. The van der Waals surface area contributed by atoms with E-state index in [1.165, 1.54) is 0 Å². The zero-order valence-electron chi connectivity index (χ0n) is 13.1. The van der Waals surface area contributed by atoms with Gasteiger partial charge in [0, 0.05) is 31.7 Å². The summed E-state index contributed by atoms with van der Waals surface area (Å²) < 4.78 is 11.1. The molecule has 0 saturated carbocycles. The Labute approximate surface area is 126 Å². The molecule has 5 nitrogen and oxygen atoms in total. The van der Waals surface area contributed by atoms with Crippen LogP contribution < -0.4 is 9.47 Å². The van der Waals surface area contributed by atoms with Gasteiger partial charge in [-0.25, -0.2) is 0 Å². The van der Waals surface area contributed by atoms with E-state index in [1.807, 2.05) is 30.9 Å². The smallest absolute Gasteiger partial charge is 0.254 e. The van der Waals surface area contributed by atoms with Crippen molar-refractivity contribution in [3.05, 3.63) is 23.8 Å².